The van der Waals surface area contributed by atoms with E-state index in [9.17, 15) is 4.79 Å². The molecular formula is C14H15N3O. The molecule has 0 aliphatic heterocycles. The lowest BCUT2D eigenvalue weighted by atomic mass is 10.1. The van der Waals surface area contributed by atoms with Crippen molar-refractivity contribution in [3.8, 4) is 0 Å². The molecule has 1 amide bonds. The van der Waals surface area contributed by atoms with E-state index in [0.29, 0.717) is 18.7 Å². The first-order chi connectivity index (χ1) is 8.77. The van der Waals surface area contributed by atoms with Gasteiger partial charge in [0.2, 0.25) is 5.91 Å². The van der Waals surface area contributed by atoms with Crippen molar-refractivity contribution in [3.63, 3.8) is 0 Å². The summed E-state index contributed by atoms with van der Waals surface area (Å²) in [5.41, 5.74) is 7.75. The molecule has 3 N–H and O–H groups in total. The van der Waals surface area contributed by atoms with E-state index in [1.165, 1.54) is 0 Å². The van der Waals surface area contributed by atoms with Crippen molar-refractivity contribution < 1.29 is 4.79 Å². The Hall–Kier alpha value is -2.20. The number of primary amides is 1. The maximum absolute atomic E-state index is 11.2. The van der Waals surface area contributed by atoms with Crippen LogP contribution in [0.2, 0.25) is 0 Å². The topological polar surface area (TPSA) is 68.0 Å². The van der Waals surface area contributed by atoms with Crippen LogP contribution in [0.15, 0.2) is 48.7 Å². The quantitative estimate of drug-likeness (QED) is 0.833. The molecule has 2 aromatic rings. The Morgan fingerprint density at radius 3 is 2.61 bits per heavy atom. The second kappa shape index (κ2) is 5.93. The van der Waals surface area contributed by atoms with Gasteiger partial charge >= 0.3 is 0 Å². The van der Waals surface area contributed by atoms with Crippen LogP contribution < -0.4 is 11.1 Å². The summed E-state index contributed by atoms with van der Waals surface area (Å²) in [5.74, 6) is -0.398. The maximum Gasteiger partial charge on any atom is 0.249 e. The molecule has 4 heteroatoms. The molecule has 0 saturated carbocycles. The number of carbonyl (C=O) groups excluding carboxylic acids is 1. The summed E-state index contributed by atoms with van der Waals surface area (Å²) < 4.78 is 0. The first-order valence-corrected chi connectivity index (χ1v) is 5.75. The third-order valence-electron chi connectivity index (χ3n) is 2.63. The lowest BCUT2D eigenvalue weighted by molar-refractivity contribution is 0.0999. The van der Waals surface area contributed by atoms with E-state index in [0.717, 1.165) is 11.3 Å². The minimum atomic E-state index is -0.398. The minimum Gasteiger partial charge on any atom is -0.366 e. The lowest BCUT2D eigenvalue weighted by Gasteiger charge is -2.07. The van der Waals surface area contributed by atoms with Crippen LogP contribution in [0.3, 0.4) is 0 Å². The molecule has 0 bridgehead atoms. The molecule has 92 valence electrons. The zero-order valence-electron chi connectivity index (χ0n) is 9.97. The molecule has 0 aliphatic rings. The molecule has 0 saturated heterocycles. The second-order valence-electron chi connectivity index (χ2n) is 3.95. The second-order valence-corrected chi connectivity index (χ2v) is 3.95. The number of nitrogens with two attached hydrogens (primary N) is 1. The summed E-state index contributed by atoms with van der Waals surface area (Å²) in [5, 5.41) is 3.24. The molecular weight excluding hydrogens is 226 g/mol. The molecule has 0 aliphatic carbocycles. The highest BCUT2D eigenvalue weighted by molar-refractivity contribution is 5.94. The van der Waals surface area contributed by atoms with Crippen LogP contribution >= 0.6 is 0 Å². The fraction of sp³-hybridized carbons (Fsp3) is 0.143. The van der Waals surface area contributed by atoms with Crippen LogP contribution in [0.4, 0.5) is 0 Å². The van der Waals surface area contributed by atoms with Gasteiger partial charge in [0, 0.05) is 24.8 Å². The highest BCUT2D eigenvalue weighted by atomic mass is 16.1. The van der Waals surface area contributed by atoms with Gasteiger partial charge in [-0.05, 0) is 23.8 Å². The Kier molecular flexibility index (Phi) is 4.04. The number of hydrogen-bond donors (Lipinski definition) is 2. The summed E-state index contributed by atoms with van der Waals surface area (Å²) in [6.45, 7) is 1.25. The van der Waals surface area contributed by atoms with Gasteiger partial charge in [-0.3, -0.25) is 9.78 Å². The predicted octanol–water partition coefficient (Wildman–Crippen LogP) is 1.47. The van der Waals surface area contributed by atoms with Gasteiger partial charge in [-0.15, -0.1) is 0 Å². The smallest absolute Gasteiger partial charge is 0.249 e. The van der Waals surface area contributed by atoms with Crippen molar-refractivity contribution in [2.45, 2.75) is 13.1 Å². The van der Waals surface area contributed by atoms with E-state index < -0.39 is 5.91 Å². The molecule has 0 atom stereocenters. The zero-order valence-corrected chi connectivity index (χ0v) is 9.97. The van der Waals surface area contributed by atoms with Crippen molar-refractivity contribution in [2.75, 3.05) is 0 Å². The van der Waals surface area contributed by atoms with Crippen LogP contribution in [0.1, 0.15) is 21.6 Å². The Morgan fingerprint density at radius 2 is 1.89 bits per heavy atom. The van der Waals surface area contributed by atoms with Crippen molar-refractivity contribution in [1.29, 1.82) is 0 Å². The van der Waals surface area contributed by atoms with E-state index in [1.54, 1.807) is 12.3 Å². The number of nitrogens with zero attached hydrogens (tertiary/aromatic N) is 1. The van der Waals surface area contributed by atoms with Gasteiger partial charge in [0.05, 0.1) is 5.69 Å². The number of aromatic nitrogens is 1. The van der Waals surface area contributed by atoms with Gasteiger partial charge in [0.1, 0.15) is 0 Å². The Morgan fingerprint density at radius 1 is 1.11 bits per heavy atom. The van der Waals surface area contributed by atoms with Crippen LogP contribution in [-0.4, -0.2) is 10.9 Å². The molecule has 0 unspecified atom stereocenters. The first kappa shape index (κ1) is 12.3. The Bertz CT molecular complexity index is 526. The monoisotopic (exact) mass is 241 g/mol. The summed E-state index contributed by atoms with van der Waals surface area (Å²) in [7, 11) is 0. The average molecular weight is 241 g/mol. The summed E-state index contributed by atoms with van der Waals surface area (Å²) >= 11 is 0. The van der Waals surface area contributed by atoms with E-state index in [-0.39, 0.29) is 0 Å². The lowest BCUT2D eigenvalue weighted by Crippen LogP contribution is -2.19. The molecule has 2 rings (SSSR count). The first-order valence-electron chi connectivity index (χ1n) is 5.75. The fourth-order valence-corrected chi connectivity index (χ4v) is 1.74. The molecule has 0 fully saturated rings. The largest absolute Gasteiger partial charge is 0.366 e. The summed E-state index contributed by atoms with van der Waals surface area (Å²) in [4.78, 5) is 15.5. The summed E-state index contributed by atoms with van der Waals surface area (Å²) in [6, 6.07) is 13.1. The maximum atomic E-state index is 11.2. The molecule has 0 spiro atoms. The van der Waals surface area contributed by atoms with Gasteiger partial charge < -0.3 is 11.1 Å². The van der Waals surface area contributed by atoms with Crippen LogP contribution in [0, 0.1) is 0 Å². The normalized spacial score (nSPS) is 10.2. The van der Waals surface area contributed by atoms with Crippen molar-refractivity contribution >= 4 is 5.91 Å². The van der Waals surface area contributed by atoms with Crippen LogP contribution in [0.5, 0.6) is 0 Å². The molecule has 0 radical (unpaired) electrons. The standard InChI is InChI=1S/C14H15N3O/c15-14(18)13-7-2-1-5-11(13)9-16-10-12-6-3-4-8-17-12/h1-8,16H,9-10H2,(H2,15,18). The van der Waals surface area contributed by atoms with Gasteiger partial charge in [-0.1, -0.05) is 24.3 Å². The number of amides is 1. The molecule has 18 heavy (non-hydrogen) atoms. The Labute approximate surface area is 106 Å². The van der Waals surface area contributed by atoms with Gasteiger partial charge in [-0.25, -0.2) is 0 Å². The van der Waals surface area contributed by atoms with Gasteiger partial charge in [0.25, 0.3) is 0 Å². The van der Waals surface area contributed by atoms with E-state index in [4.69, 9.17) is 5.73 Å². The summed E-state index contributed by atoms with van der Waals surface area (Å²) in [6.07, 6.45) is 1.76. The third kappa shape index (κ3) is 3.15. The molecule has 1 aromatic carbocycles. The highest BCUT2D eigenvalue weighted by Gasteiger charge is 2.06. The van der Waals surface area contributed by atoms with Crippen molar-refractivity contribution in [2.24, 2.45) is 5.73 Å². The number of pyridine rings is 1. The molecule has 1 aromatic heterocycles. The molecule has 4 nitrogen and oxygen atoms in total. The third-order valence-corrected chi connectivity index (χ3v) is 2.63. The Balaban J connectivity index is 1.97. The zero-order chi connectivity index (χ0) is 12.8. The number of rotatable bonds is 5. The van der Waals surface area contributed by atoms with Crippen molar-refractivity contribution in [1.82, 2.24) is 10.3 Å². The number of hydrogen-bond acceptors (Lipinski definition) is 3. The van der Waals surface area contributed by atoms with E-state index in [1.807, 2.05) is 36.4 Å². The van der Waals surface area contributed by atoms with Crippen LogP contribution in [-0.2, 0) is 13.1 Å². The number of carbonyl (C=O) groups is 1. The highest BCUT2D eigenvalue weighted by Crippen LogP contribution is 2.07. The molecule has 1 heterocycles. The van der Waals surface area contributed by atoms with Gasteiger partial charge in [0.15, 0.2) is 0 Å². The number of benzene rings is 1. The average Bonchev–Trinajstić information content (AvgIpc) is 2.40. The van der Waals surface area contributed by atoms with Crippen LogP contribution in [0.25, 0.3) is 0 Å². The van der Waals surface area contributed by atoms with Gasteiger partial charge in [-0.2, -0.15) is 0 Å². The van der Waals surface area contributed by atoms with E-state index in [2.05, 4.69) is 10.3 Å². The minimum absolute atomic E-state index is 0.398. The van der Waals surface area contributed by atoms with E-state index >= 15 is 0 Å². The fourth-order valence-electron chi connectivity index (χ4n) is 1.74. The predicted molar refractivity (Wildman–Crippen MR) is 69.7 cm³/mol. The SMILES string of the molecule is NC(=O)c1ccccc1CNCc1ccccn1. The number of nitrogens with one attached hydrogen (secondary N) is 1. The van der Waals surface area contributed by atoms with Crippen molar-refractivity contribution in [3.05, 3.63) is 65.5 Å².